The monoisotopic (exact) mass is 314 g/mol. The number of hydrogen-bond acceptors (Lipinski definition) is 5. The number of likely N-dealkylation sites (tertiary alicyclic amines) is 1. The largest absolute Gasteiger partial charge is 0.419 e. The summed E-state index contributed by atoms with van der Waals surface area (Å²) in [6.07, 6.45) is 3.85. The smallest absolute Gasteiger partial charge is 0.247 e. The first kappa shape index (κ1) is 16.1. The molecule has 0 bridgehead atoms. The molecule has 1 aromatic carbocycles. The molecule has 0 amide bonds. The molecule has 0 spiro atoms. The van der Waals surface area contributed by atoms with Crippen molar-refractivity contribution in [2.75, 3.05) is 33.7 Å². The van der Waals surface area contributed by atoms with Gasteiger partial charge in [-0.3, -0.25) is 4.90 Å². The predicted octanol–water partition coefficient (Wildman–Crippen LogP) is 2.90. The van der Waals surface area contributed by atoms with E-state index >= 15 is 0 Å². The van der Waals surface area contributed by atoms with Crippen molar-refractivity contribution in [3.63, 3.8) is 0 Å². The summed E-state index contributed by atoms with van der Waals surface area (Å²) in [5, 5.41) is 8.37. The first-order chi connectivity index (χ1) is 11.2. The fourth-order valence-electron chi connectivity index (χ4n) is 3.08. The SMILES string of the molecule is CN(C)CCC1CCN(Cc2nnc(-c3ccccc3)o2)CC1. The summed E-state index contributed by atoms with van der Waals surface area (Å²) in [7, 11) is 4.30. The van der Waals surface area contributed by atoms with Gasteiger partial charge in [-0.2, -0.15) is 0 Å². The third-order valence-corrected chi connectivity index (χ3v) is 4.54. The van der Waals surface area contributed by atoms with Gasteiger partial charge in [0.2, 0.25) is 11.8 Å². The zero-order valence-electron chi connectivity index (χ0n) is 14.1. The predicted molar refractivity (Wildman–Crippen MR) is 90.9 cm³/mol. The molecule has 1 aliphatic rings. The minimum atomic E-state index is 0.612. The zero-order valence-corrected chi connectivity index (χ0v) is 14.1. The van der Waals surface area contributed by atoms with Gasteiger partial charge < -0.3 is 9.32 Å². The standard InChI is InChI=1S/C18H26N4O/c1-21(2)11-8-15-9-12-22(13-10-15)14-17-19-20-18(23-17)16-6-4-3-5-7-16/h3-7,15H,8-14H2,1-2H3. The van der Waals surface area contributed by atoms with Gasteiger partial charge in [0.25, 0.3) is 0 Å². The van der Waals surface area contributed by atoms with Crippen LogP contribution in [0.3, 0.4) is 0 Å². The molecule has 2 aromatic rings. The number of benzene rings is 1. The molecule has 1 aromatic heterocycles. The molecule has 0 N–H and O–H groups in total. The average molecular weight is 314 g/mol. The molecular weight excluding hydrogens is 288 g/mol. The summed E-state index contributed by atoms with van der Waals surface area (Å²) < 4.78 is 5.81. The first-order valence-electron chi connectivity index (χ1n) is 8.45. The third-order valence-electron chi connectivity index (χ3n) is 4.54. The summed E-state index contributed by atoms with van der Waals surface area (Å²) in [5.74, 6) is 2.19. The number of aromatic nitrogens is 2. The molecule has 0 aliphatic carbocycles. The number of hydrogen-bond donors (Lipinski definition) is 0. The number of piperidine rings is 1. The van der Waals surface area contributed by atoms with Crippen LogP contribution >= 0.6 is 0 Å². The Balaban J connectivity index is 1.49. The Morgan fingerprint density at radius 1 is 1.13 bits per heavy atom. The second-order valence-corrected chi connectivity index (χ2v) is 6.68. The molecule has 1 fully saturated rings. The van der Waals surface area contributed by atoms with Gasteiger partial charge in [0.1, 0.15) is 0 Å². The van der Waals surface area contributed by atoms with Crippen molar-refractivity contribution in [3.05, 3.63) is 36.2 Å². The lowest BCUT2D eigenvalue weighted by atomic mass is 9.93. The highest BCUT2D eigenvalue weighted by Gasteiger charge is 2.21. The Bertz CT molecular complexity index is 588. The maximum absolute atomic E-state index is 5.81. The van der Waals surface area contributed by atoms with Gasteiger partial charge in [-0.25, -0.2) is 0 Å². The molecule has 124 valence electrons. The van der Waals surface area contributed by atoms with Crippen molar-refractivity contribution in [2.45, 2.75) is 25.8 Å². The topological polar surface area (TPSA) is 45.4 Å². The van der Waals surface area contributed by atoms with Gasteiger partial charge in [-0.15, -0.1) is 10.2 Å². The molecule has 23 heavy (non-hydrogen) atoms. The Morgan fingerprint density at radius 2 is 1.87 bits per heavy atom. The number of nitrogens with zero attached hydrogens (tertiary/aromatic N) is 4. The normalized spacial score (nSPS) is 17.0. The fourth-order valence-corrected chi connectivity index (χ4v) is 3.08. The Kier molecular flexibility index (Phi) is 5.41. The lowest BCUT2D eigenvalue weighted by Crippen LogP contribution is -2.34. The van der Waals surface area contributed by atoms with Crippen LogP contribution in [0.15, 0.2) is 34.7 Å². The molecule has 0 saturated carbocycles. The van der Waals surface area contributed by atoms with E-state index in [4.69, 9.17) is 4.42 Å². The van der Waals surface area contributed by atoms with E-state index < -0.39 is 0 Å². The summed E-state index contributed by atoms with van der Waals surface area (Å²) in [5.41, 5.74) is 0.980. The average Bonchev–Trinajstić information content (AvgIpc) is 3.03. The zero-order chi connectivity index (χ0) is 16.1. The minimum Gasteiger partial charge on any atom is -0.419 e. The van der Waals surface area contributed by atoms with Crippen LogP contribution in [-0.2, 0) is 6.54 Å². The van der Waals surface area contributed by atoms with Crippen LogP contribution in [0.1, 0.15) is 25.2 Å². The molecule has 5 heteroatoms. The Morgan fingerprint density at radius 3 is 2.57 bits per heavy atom. The Labute approximate surface area is 138 Å². The van der Waals surface area contributed by atoms with Crippen LogP contribution in [0.2, 0.25) is 0 Å². The molecule has 5 nitrogen and oxygen atoms in total. The van der Waals surface area contributed by atoms with Gasteiger partial charge in [0, 0.05) is 5.56 Å². The van der Waals surface area contributed by atoms with Crippen LogP contribution in [0, 0.1) is 5.92 Å². The van der Waals surface area contributed by atoms with Gasteiger partial charge >= 0.3 is 0 Å². The van der Waals surface area contributed by atoms with Crippen molar-refractivity contribution in [3.8, 4) is 11.5 Å². The van der Waals surface area contributed by atoms with E-state index in [1.807, 2.05) is 30.3 Å². The molecule has 1 saturated heterocycles. The molecule has 2 heterocycles. The van der Waals surface area contributed by atoms with Gasteiger partial charge in [-0.05, 0) is 71.0 Å². The minimum absolute atomic E-state index is 0.612. The third kappa shape index (κ3) is 4.62. The number of rotatable bonds is 6. The van der Waals surface area contributed by atoms with Crippen LogP contribution in [-0.4, -0.2) is 53.7 Å². The fraction of sp³-hybridized carbons (Fsp3) is 0.556. The van der Waals surface area contributed by atoms with Gasteiger partial charge in [0.15, 0.2) is 0 Å². The van der Waals surface area contributed by atoms with Crippen LogP contribution in [0.4, 0.5) is 0 Å². The first-order valence-corrected chi connectivity index (χ1v) is 8.45. The van der Waals surface area contributed by atoms with Gasteiger partial charge in [-0.1, -0.05) is 18.2 Å². The quantitative estimate of drug-likeness (QED) is 0.820. The lowest BCUT2D eigenvalue weighted by molar-refractivity contribution is 0.154. The molecule has 0 unspecified atom stereocenters. The molecular formula is C18H26N4O. The second-order valence-electron chi connectivity index (χ2n) is 6.68. The van der Waals surface area contributed by atoms with E-state index in [1.165, 1.54) is 25.8 Å². The lowest BCUT2D eigenvalue weighted by Gasteiger charge is -2.31. The molecule has 0 radical (unpaired) electrons. The highest BCUT2D eigenvalue weighted by atomic mass is 16.4. The maximum Gasteiger partial charge on any atom is 0.247 e. The van der Waals surface area contributed by atoms with E-state index in [0.717, 1.165) is 37.0 Å². The molecule has 3 rings (SSSR count). The maximum atomic E-state index is 5.81. The van der Waals surface area contributed by atoms with Crippen molar-refractivity contribution in [1.29, 1.82) is 0 Å². The van der Waals surface area contributed by atoms with Crippen molar-refractivity contribution >= 4 is 0 Å². The second kappa shape index (κ2) is 7.70. The van der Waals surface area contributed by atoms with Crippen molar-refractivity contribution in [1.82, 2.24) is 20.0 Å². The van der Waals surface area contributed by atoms with Crippen molar-refractivity contribution in [2.24, 2.45) is 5.92 Å². The van der Waals surface area contributed by atoms with E-state index in [2.05, 4.69) is 34.1 Å². The Hall–Kier alpha value is -1.72. The molecule has 0 atom stereocenters. The van der Waals surface area contributed by atoms with E-state index in [-0.39, 0.29) is 0 Å². The summed E-state index contributed by atoms with van der Waals surface area (Å²) in [4.78, 5) is 4.70. The van der Waals surface area contributed by atoms with E-state index in [9.17, 15) is 0 Å². The van der Waals surface area contributed by atoms with Gasteiger partial charge in [0.05, 0.1) is 6.54 Å². The summed E-state index contributed by atoms with van der Waals surface area (Å²) in [6.45, 7) is 4.21. The van der Waals surface area contributed by atoms with Crippen LogP contribution in [0.5, 0.6) is 0 Å². The summed E-state index contributed by atoms with van der Waals surface area (Å²) in [6, 6.07) is 9.94. The molecule has 1 aliphatic heterocycles. The van der Waals surface area contributed by atoms with E-state index in [1.54, 1.807) is 0 Å². The van der Waals surface area contributed by atoms with Crippen LogP contribution < -0.4 is 0 Å². The summed E-state index contributed by atoms with van der Waals surface area (Å²) >= 11 is 0. The highest BCUT2D eigenvalue weighted by Crippen LogP contribution is 2.23. The van der Waals surface area contributed by atoms with E-state index in [0.29, 0.717) is 5.89 Å². The van der Waals surface area contributed by atoms with Crippen molar-refractivity contribution < 1.29 is 4.42 Å². The van der Waals surface area contributed by atoms with Crippen LogP contribution in [0.25, 0.3) is 11.5 Å². The highest BCUT2D eigenvalue weighted by molar-refractivity contribution is 5.51.